The zero-order chi connectivity index (χ0) is 14.5. The summed E-state index contributed by atoms with van der Waals surface area (Å²) in [5.74, 6) is -0.981. The van der Waals surface area contributed by atoms with Gasteiger partial charge in [0.1, 0.15) is 0 Å². The Morgan fingerprint density at radius 2 is 1.85 bits per heavy atom. The van der Waals surface area contributed by atoms with E-state index in [1.54, 1.807) is 5.56 Å². The average molecular weight is 266 g/mol. The van der Waals surface area contributed by atoms with Gasteiger partial charge in [-0.3, -0.25) is 0 Å². The van der Waals surface area contributed by atoms with Crippen LogP contribution in [0.4, 0.5) is 0 Å². The van der Waals surface area contributed by atoms with Crippen LogP contribution in [0.2, 0.25) is 0 Å². The fourth-order valence-corrected chi connectivity index (χ4v) is 2.55. The second-order valence-electron chi connectivity index (χ2n) is 4.67. The molecular formula is C18H18O2. The molecule has 0 fully saturated rings. The van der Waals surface area contributed by atoms with Crippen molar-refractivity contribution in [1.29, 1.82) is 0 Å². The van der Waals surface area contributed by atoms with Crippen LogP contribution >= 0.6 is 0 Å². The van der Waals surface area contributed by atoms with E-state index < -0.39 is 5.97 Å². The van der Waals surface area contributed by atoms with Gasteiger partial charge in [0, 0.05) is 6.08 Å². The van der Waals surface area contributed by atoms with E-state index >= 15 is 0 Å². The molecule has 0 saturated carbocycles. The Hall–Kier alpha value is -2.35. The molecule has 1 aliphatic carbocycles. The molecule has 0 bridgehead atoms. The Morgan fingerprint density at radius 1 is 1.20 bits per heavy atom. The van der Waals surface area contributed by atoms with Crippen molar-refractivity contribution in [2.24, 2.45) is 0 Å². The Labute approximate surface area is 119 Å². The number of carboxylic acid groups (broad SMARTS) is 1. The highest BCUT2D eigenvalue weighted by Gasteiger charge is 2.19. The molecule has 0 amide bonds. The van der Waals surface area contributed by atoms with Crippen molar-refractivity contribution in [3.63, 3.8) is 0 Å². The number of aliphatic carboxylic acids is 1. The van der Waals surface area contributed by atoms with Gasteiger partial charge < -0.3 is 5.11 Å². The first-order valence-corrected chi connectivity index (χ1v) is 6.71. The van der Waals surface area contributed by atoms with Crippen LogP contribution in [0, 0.1) is 0 Å². The number of hydrogen-bond donors (Lipinski definition) is 1. The topological polar surface area (TPSA) is 37.3 Å². The summed E-state index contributed by atoms with van der Waals surface area (Å²) in [5, 5.41) is 7.60. The SMILES string of the molecule is C=CC(=O)O.CCc1cccc2c1Cc1ccccc1-2. The summed E-state index contributed by atoms with van der Waals surface area (Å²) in [6.45, 7) is 5.20. The van der Waals surface area contributed by atoms with Gasteiger partial charge in [0.2, 0.25) is 0 Å². The molecule has 3 rings (SSSR count). The van der Waals surface area contributed by atoms with Crippen molar-refractivity contribution in [1.82, 2.24) is 0 Å². The van der Waals surface area contributed by atoms with Crippen LogP contribution in [-0.2, 0) is 17.6 Å². The highest BCUT2D eigenvalue weighted by Crippen LogP contribution is 2.37. The monoisotopic (exact) mass is 266 g/mol. The lowest BCUT2D eigenvalue weighted by Crippen LogP contribution is -1.89. The van der Waals surface area contributed by atoms with Crippen molar-refractivity contribution < 1.29 is 9.90 Å². The van der Waals surface area contributed by atoms with Crippen LogP contribution in [0.25, 0.3) is 11.1 Å². The molecule has 2 nitrogen and oxygen atoms in total. The predicted octanol–water partition coefficient (Wildman–Crippen LogP) is 4.08. The smallest absolute Gasteiger partial charge is 0.327 e. The maximum Gasteiger partial charge on any atom is 0.327 e. The van der Waals surface area contributed by atoms with Crippen LogP contribution in [0.1, 0.15) is 23.6 Å². The Balaban J connectivity index is 0.000000257. The van der Waals surface area contributed by atoms with Crippen LogP contribution in [0.5, 0.6) is 0 Å². The first-order valence-electron chi connectivity index (χ1n) is 6.71. The molecule has 102 valence electrons. The number of aryl methyl sites for hydroxylation is 1. The fourth-order valence-electron chi connectivity index (χ4n) is 2.55. The van der Waals surface area contributed by atoms with Gasteiger partial charge in [0.15, 0.2) is 0 Å². The summed E-state index contributed by atoms with van der Waals surface area (Å²) in [7, 11) is 0. The third-order valence-electron chi connectivity index (χ3n) is 3.50. The zero-order valence-electron chi connectivity index (χ0n) is 11.6. The first kappa shape index (κ1) is 14.1. The predicted molar refractivity (Wildman–Crippen MR) is 81.9 cm³/mol. The molecule has 0 aromatic heterocycles. The summed E-state index contributed by atoms with van der Waals surface area (Å²) in [6.07, 6.45) is 3.09. The fraction of sp³-hybridized carbons (Fsp3) is 0.167. The highest BCUT2D eigenvalue weighted by atomic mass is 16.4. The number of carbonyl (C=O) groups is 1. The van der Waals surface area contributed by atoms with Gasteiger partial charge in [0.25, 0.3) is 0 Å². The maximum atomic E-state index is 9.25. The highest BCUT2D eigenvalue weighted by molar-refractivity contribution is 5.79. The third-order valence-corrected chi connectivity index (χ3v) is 3.50. The Bertz CT molecular complexity index is 642. The zero-order valence-corrected chi connectivity index (χ0v) is 11.6. The molecule has 0 atom stereocenters. The van der Waals surface area contributed by atoms with Crippen molar-refractivity contribution in [3.8, 4) is 11.1 Å². The van der Waals surface area contributed by atoms with Crippen molar-refractivity contribution >= 4 is 5.97 Å². The van der Waals surface area contributed by atoms with E-state index in [9.17, 15) is 4.79 Å². The van der Waals surface area contributed by atoms with E-state index in [2.05, 4.69) is 56.0 Å². The molecule has 2 aromatic carbocycles. The van der Waals surface area contributed by atoms with E-state index in [1.165, 1.54) is 22.3 Å². The van der Waals surface area contributed by atoms with Crippen LogP contribution in [0.3, 0.4) is 0 Å². The third kappa shape index (κ3) is 2.80. The number of hydrogen-bond acceptors (Lipinski definition) is 1. The van der Waals surface area contributed by atoms with Gasteiger partial charge in [0.05, 0.1) is 0 Å². The summed E-state index contributed by atoms with van der Waals surface area (Å²) >= 11 is 0. The largest absolute Gasteiger partial charge is 0.478 e. The summed E-state index contributed by atoms with van der Waals surface area (Å²) in [4.78, 5) is 9.25. The van der Waals surface area contributed by atoms with E-state index in [1.807, 2.05) is 0 Å². The molecule has 2 heteroatoms. The molecule has 0 aliphatic heterocycles. The van der Waals surface area contributed by atoms with Gasteiger partial charge in [-0.05, 0) is 40.7 Å². The molecule has 0 saturated heterocycles. The normalized spacial score (nSPS) is 10.8. The minimum Gasteiger partial charge on any atom is -0.478 e. The Kier molecular flexibility index (Phi) is 4.36. The number of benzene rings is 2. The van der Waals surface area contributed by atoms with Gasteiger partial charge in [-0.2, -0.15) is 0 Å². The standard InChI is InChI=1S/C15H14.C3H4O2/c1-2-11-7-5-9-14-13-8-4-3-6-12(13)10-15(11)14;1-2-3(4)5/h3-9H,2,10H2,1H3;2H,1H2,(H,4,5). The minimum atomic E-state index is -0.981. The molecule has 0 spiro atoms. The minimum absolute atomic E-state index is 0.833. The van der Waals surface area contributed by atoms with E-state index in [4.69, 9.17) is 5.11 Å². The van der Waals surface area contributed by atoms with Gasteiger partial charge in [-0.15, -0.1) is 0 Å². The molecule has 0 unspecified atom stereocenters. The summed E-state index contributed by atoms with van der Waals surface area (Å²) in [5.41, 5.74) is 7.41. The first-order chi connectivity index (χ1) is 9.67. The second kappa shape index (κ2) is 6.20. The molecule has 1 aliphatic rings. The van der Waals surface area contributed by atoms with Gasteiger partial charge in [-0.25, -0.2) is 4.79 Å². The molecule has 2 aromatic rings. The summed E-state index contributed by atoms with van der Waals surface area (Å²) in [6, 6.07) is 15.4. The number of carboxylic acids is 1. The Morgan fingerprint density at radius 3 is 2.50 bits per heavy atom. The summed E-state index contributed by atoms with van der Waals surface area (Å²) < 4.78 is 0. The van der Waals surface area contributed by atoms with Crippen LogP contribution < -0.4 is 0 Å². The van der Waals surface area contributed by atoms with Crippen LogP contribution in [0.15, 0.2) is 55.1 Å². The van der Waals surface area contributed by atoms with E-state index in [-0.39, 0.29) is 0 Å². The maximum absolute atomic E-state index is 9.25. The van der Waals surface area contributed by atoms with Gasteiger partial charge in [-0.1, -0.05) is 56.0 Å². The molecule has 0 radical (unpaired) electrons. The average Bonchev–Trinajstić information content (AvgIpc) is 2.86. The number of fused-ring (bicyclic) bond motifs is 3. The lowest BCUT2D eigenvalue weighted by molar-refractivity contribution is -0.131. The molecule has 20 heavy (non-hydrogen) atoms. The van der Waals surface area contributed by atoms with Crippen molar-refractivity contribution in [3.05, 3.63) is 71.8 Å². The lowest BCUT2D eigenvalue weighted by atomic mass is 10.00. The van der Waals surface area contributed by atoms with E-state index in [0.717, 1.165) is 18.9 Å². The van der Waals surface area contributed by atoms with Crippen molar-refractivity contribution in [2.75, 3.05) is 0 Å². The quantitative estimate of drug-likeness (QED) is 0.710. The van der Waals surface area contributed by atoms with Gasteiger partial charge >= 0.3 is 5.97 Å². The molecule has 1 N–H and O–H groups in total. The van der Waals surface area contributed by atoms with Crippen molar-refractivity contribution in [2.45, 2.75) is 19.8 Å². The lowest BCUT2D eigenvalue weighted by Gasteiger charge is -2.05. The van der Waals surface area contributed by atoms with E-state index in [0.29, 0.717) is 0 Å². The van der Waals surface area contributed by atoms with Crippen LogP contribution in [-0.4, -0.2) is 11.1 Å². The second-order valence-corrected chi connectivity index (χ2v) is 4.67. The molecule has 0 heterocycles. The molecular weight excluding hydrogens is 248 g/mol. The number of rotatable bonds is 2.